The molecule has 5 heteroatoms. The normalized spacial score (nSPS) is 39.9. The van der Waals surface area contributed by atoms with E-state index in [0.29, 0.717) is 16.3 Å². The van der Waals surface area contributed by atoms with Gasteiger partial charge in [-0.05, 0) is 36.5 Å². The van der Waals surface area contributed by atoms with E-state index in [2.05, 4.69) is 36.4 Å². The van der Waals surface area contributed by atoms with Gasteiger partial charge in [0.05, 0.1) is 5.60 Å². The summed E-state index contributed by atoms with van der Waals surface area (Å²) in [5, 5.41) is 0. The molecule has 0 amide bonds. The quantitative estimate of drug-likeness (QED) is 0.540. The standard InChI is InChI=1S/C12H18F3IO/c1-10(2)8-3-4-9(5-8)11(10,6-16)17-7-12(13,14)15/h8-9H,3-7H2,1-2H3. The molecule has 0 saturated heterocycles. The molecule has 100 valence electrons. The minimum Gasteiger partial charge on any atom is -0.364 e. The molecule has 2 rings (SSSR count). The summed E-state index contributed by atoms with van der Waals surface area (Å²) in [6, 6.07) is 0. The average molecular weight is 362 g/mol. The smallest absolute Gasteiger partial charge is 0.364 e. The van der Waals surface area contributed by atoms with Gasteiger partial charge in [-0.15, -0.1) is 0 Å². The SMILES string of the molecule is CC1(C)C2CCC(C2)C1(CI)OCC(F)(F)F. The Bertz CT molecular complexity index is 303. The summed E-state index contributed by atoms with van der Waals surface area (Å²) >= 11 is 2.19. The summed E-state index contributed by atoms with van der Waals surface area (Å²) in [5.74, 6) is 0.831. The van der Waals surface area contributed by atoms with Crippen LogP contribution in [-0.2, 0) is 4.74 Å². The minimum absolute atomic E-state index is 0.137. The zero-order chi connectivity index (χ0) is 12.9. The van der Waals surface area contributed by atoms with E-state index < -0.39 is 18.4 Å². The van der Waals surface area contributed by atoms with Crippen LogP contribution in [-0.4, -0.2) is 22.8 Å². The van der Waals surface area contributed by atoms with Crippen LogP contribution in [0, 0.1) is 17.3 Å². The first kappa shape index (κ1) is 13.9. The fourth-order valence-corrected chi connectivity index (χ4v) is 5.59. The van der Waals surface area contributed by atoms with Gasteiger partial charge in [0.2, 0.25) is 0 Å². The van der Waals surface area contributed by atoms with E-state index in [4.69, 9.17) is 4.74 Å². The Morgan fingerprint density at radius 2 is 1.82 bits per heavy atom. The molecular weight excluding hydrogens is 344 g/mol. The number of alkyl halides is 4. The number of hydrogen-bond donors (Lipinski definition) is 0. The van der Waals surface area contributed by atoms with Gasteiger partial charge in [0.25, 0.3) is 0 Å². The zero-order valence-corrected chi connectivity index (χ0v) is 12.3. The third kappa shape index (κ3) is 2.11. The highest BCUT2D eigenvalue weighted by Crippen LogP contribution is 2.63. The second-order valence-electron chi connectivity index (χ2n) is 5.86. The summed E-state index contributed by atoms with van der Waals surface area (Å²) in [4.78, 5) is 0. The monoisotopic (exact) mass is 362 g/mol. The maximum Gasteiger partial charge on any atom is 0.411 e. The molecule has 0 aromatic heterocycles. The van der Waals surface area contributed by atoms with Gasteiger partial charge < -0.3 is 4.74 Å². The lowest BCUT2D eigenvalue weighted by atomic mass is 9.66. The Labute approximate surface area is 114 Å². The van der Waals surface area contributed by atoms with Crippen LogP contribution in [0.15, 0.2) is 0 Å². The van der Waals surface area contributed by atoms with Crippen LogP contribution >= 0.6 is 22.6 Å². The summed E-state index contributed by atoms with van der Waals surface area (Å²) in [6.07, 6.45) is -1.02. The van der Waals surface area contributed by atoms with Crippen molar-refractivity contribution in [2.75, 3.05) is 11.0 Å². The summed E-state index contributed by atoms with van der Waals surface area (Å²) in [6.45, 7) is 3.04. The first-order valence-electron chi connectivity index (χ1n) is 5.99. The fraction of sp³-hybridized carbons (Fsp3) is 1.00. The largest absolute Gasteiger partial charge is 0.411 e. The number of rotatable bonds is 3. The van der Waals surface area contributed by atoms with Gasteiger partial charge >= 0.3 is 6.18 Å². The highest BCUT2D eigenvalue weighted by molar-refractivity contribution is 14.1. The summed E-state index contributed by atoms with van der Waals surface area (Å²) in [5.41, 5.74) is -0.714. The van der Waals surface area contributed by atoms with Crippen molar-refractivity contribution < 1.29 is 17.9 Å². The summed E-state index contributed by atoms with van der Waals surface area (Å²) in [7, 11) is 0. The van der Waals surface area contributed by atoms with Gasteiger partial charge in [0.15, 0.2) is 0 Å². The maximum atomic E-state index is 12.4. The second-order valence-corrected chi connectivity index (χ2v) is 6.62. The van der Waals surface area contributed by atoms with Crippen molar-refractivity contribution in [3.05, 3.63) is 0 Å². The van der Waals surface area contributed by atoms with Crippen LogP contribution in [0.5, 0.6) is 0 Å². The van der Waals surface area contributed by atoms with Gasteiger partial charge in [-0.3, -0.25) is 0 Å². The Hall–Kier alpha value is 0.480. The Morgan fingerprint density at radius 3 is 2.24 bits per heavy atom. The number of halogens is 4. The van der Waals surface area contributed by atoms with Crippen molar-refractivity contribution >= 4 is 22.6 Å². The van der Waals surface area contributed by atoms with Gasteiger partial charge in [-0.2, -0.15) is 13.2 Å². The lowest BCUT2D eigenvalue weighted by Gasteiger charge is -2.48. The van der Waals surface area contributed by atoms with E-state index in [-0.39, 0.29) is 5.41 Å². The minimum atomic E-state index is -4.23. The predicted molar refractivity (Wildman–Crippen MR) is 68.2 cm³/mol. The van der Waals surface area contributed by atoms with E-state index in [1.165, 1.54) is 0 Å². The Morgan fingerprint density at radius 1 is 1.24 bits per heavy atom. The van der Waals surface area contributed by atoms with Crippen LogP contribution in [0.25, 0.3) is 0 Å². The fourth-order valence-electron chi connectivity index (χ4n) is 3.77. The molecule has 2 aliphatic carbocycles. The lowest BCUT2D eigenvalue weighted by molar-refractivity contribution is -0.230. The van der Waals surface area contributed by atoms with E-state index in [1.54, 1.807) is 0 Å². The lowest BCUT2D eigenvalue weighted by Crippen LogP contribution is -2.54. The topological polar surface area (TPSA) is 9.23 Å². The maximum absolute atomic E-state index is 12.4. The molecule has 3 unspecified atom stereocenters. The Kier molecular flexibility index (Phi) is 3.48. The van der Waals surface area contributed by atoms with E-state index in [0.717, 1.165) is 19.3 Å². The molecule has 17 heavy (non-hydrogen) atoms. The van der Waals surface area contributed by atoms with Crippen LogP contribution in [0.2, 0.25) is 0 Å². The molecule has 3 atom stereocenters. The molecule has 0 radical (unpaired) electrons. The highest BCUT2D eigenvalue weighted by Gasteiger charge is 2.63. The van der Waals surface area contributed by atoms with Crippen molar-refractivity contribution in [1.29, 1.82) is 0 Å². The molecule has 0 N–H and O–H groups in total. The van der Waals surface area contributed by atoms with Crippen molar-refractivity contribution in [1.82, 2.24) is 0 Å². The molecular formula is C12H18F3IO. The van der Waals surface area contributed by atoms with Gasteiger partial charge in [-0.1, -0.05) is 36.4 Å². The highest BCUT2D eigenvalue weighted by atomic mass is 127. The van der Waals surface area contributed by atoms with Crippen LogP contribution in [0.1, 0.15) is 33.1 Å². The third-order valence-corrected chi connectivity index (χ3v) is 6.03. The van der Waals surface area contributed by atoms with E-state index in [9.17, 15) is 13.2 Å². The third-order valence-electron chi connectivity index (χ3n) is 4.90. The van der Waals surface area contributed by atoms with Gasteiger partial charge in [0.1, 0.15) is 6.61 Å². The van der Waals surface area contributed by atoms with E-state index >= 15 is 0 Å². The molecule has 2 fully saturated rings. The predicted octanol–water partition coefficient (Wildman–Crippen LogP) is 4.20. The number of ether oxygens (including phenoxy) is 1. The molecule has 2 bridgehead atoms. The Balaban J connectivity index is 2.19. The molecule has 0 aromatic rings. The van der Waals surface area contributed by atoms with Crippen LogP contribution < -0.4 is 0 Å². The summed E-state index contributed by atoms with van der Waals surface area (Å²) < 4.78 is 43.2. The molecule has 0 heterocycles. The molecule has 1 nitrogen and oxygen atoms in total. The van der Waals surface area contributed by atoms with Gasteiger partial charge in [0, 0.05) is 4.43 Å². The molecule has 0 aliphatic heterocycles. The first-order chi connectivity index (χ1) is 7.73. The molecule has 0 aromatic carbocycles. The first-order valence-corrected chi connectivity index (χ1v) is 7.52. The second kappa shape index (κ2) is 4.25. The molecule has 0 spiro atoms. The zero-order valence-electron chi connectivity index (χ0n) is 10.1. The van der Waals surface area contributed by atoms with Crippen molar-refractivity contribution in [2.24, 2.45) is 17.3 Å². The van der Waals surface area contributed by atoms with E-state index in [1.807, 2.05) is 0 Å². The van der Waals surface area contributed by atoms with Crippen molar-refractivity contribution in [3.63, 3.8) is 0 Å². The van der Waals surface area contributed by atoms with Crippen molar-refractivity contribution in [2.45, 2.75) is 44.9 Å². The molecule has 2 saturated carbocycles. The van der Waals surface area contributed by atoms with Crippen LogP contribution in [0.4, 0.5) is 13.2 Å². The average Bonchev–Trinajstić information content (AvgIpc) is 2.73. The van der Waals surface area contributed by atoms with Gasteiger partial charge in [-0.25, -0.2) is 0 Å². The number of fused-ring (bicyclic) bond motifs is 2. The number of hydrogen-bond acceptors (Lipinski definition) is 1. The molecule has 2 aliphatic rings. The van der Waals surface area contributed by atoms with Crippen LogP contribution in [0.3, 0.4) is 0 Å². The van der Waals surface area contributed by atoms with Crippen molar-refractivity contribution in [3.8, 4) is 0 Å².